The molecule has 1 amide bonds. The summed E-state index contributed by atoms with van der Waals surface area (Å²) >= 11 is 3.39. The second-order valence-corrected chi connectivity index (χ2v) is 5.20. The number of carbonyl (C=O) groups is 1. The van der Waals surface area contributed by atoms with Crippen LogP contribution in [0.2, 0.25) is 0 Å². The largest absolute Gasteiger partial charge is 0.454 e. The zero-order valence-corrected chi connectivity index (χ0v) is 12.6. The van der Waals surface area contributed by atoms with Crippen molar-refractivity contribution in [3.8, 4) is 11.5 Å². The smallest absolute Gasteiger partial charge is 0.254 e. The molecule has 0 aliphatic carbocycles. The van der Waals surface area contributed by atoms with Crippen molar-refractivity contribution in [2.45, 2.75) is 19.8 Å². The van der Waals surface area contributed by atoms with Gasteiger partial charge in [-0.1, -0.05) is 29.3 Å². The highest BCUT2D eigenvalue weighted by molar-refractivity contribution is 9.09. The summed E-state index contributed by atoms with van der Waals surface area (Å²) in [5, 5.41) is 0.785. The third-order valence-corrected chi connectivity index (χ3v) is 3.40. The molecule has 0 unspecified atom stereocenters. The number of fused-ring (bicyclic) bond motifs is 1. The summed E-state index contributed by atoms with van der Waals surface area (Å²) in [7, 11) is 0. The van der Waals surface area contributed by atoms with Crippen LogP contribution in [-0.4, -0.2) is 36.0 Å². The first-order valence-corrected chi connectivity index (χ1v) is 7.63. The lowest BCUT2D eigenvalue weighted by atomic mass is 10.1. The average molecular weight is 328 g/mol. The highest BCUT2D eigenvalue weighted by Gasteiger charge is 2.19. The lowest BCUT2D eigenvalue weighted by Crippen LogP contribution is -2.33. The van der Waals surface area contributed by atoms with Crippen LogP contribution in [0.5, 0.6) is 11.5 Å². The van der Waals surface area contributed by atoms with Crippen LogP contribution < -0.4 is 9.47 Å². The van der Waals surface area contributed by atoms with E-state index in [0.29, 0.717) is 23.6 Å². The molecule has 19 heavy (non-hydrogen) atoms. The van der Waals surface area contributed by atoms with E-state index in [4.69, 9.17) is 9.47 Å². The van der Waals surface area contributed by atoms with Crippen molar-refractivity contribution in [1.29, 1.82) is 0 Å². The maximum Gasteiger partial charge on any atom is 0.254 e. The SMILES string of the molecule is CCCCN(CCBr)C(=O)c1ccc2c(c1)OCO2. The standard InChI is InChI=1S/C14H18BrNO3/c1-2-3-7-16(8-6-15)14(17)11-4-5-12-13(9-11)19-10-18-12/h4-5,9H,2-3,6-8,10H2,1H3. The van der Waals surface area contributed by atoms with Gasteiger partial charge >= 0.3 is 0 Å². The number of carbonyl (C=O) groups excluding carboxylic acids is 1. The van der Waals surface area contributed by atoms with E-state index in [1.807, 2.05) is 4.90 Å². The topological polar surface area (TPSA) is 38.8 Å². The van der Waals surface area contributed by atoms with E-state index in [2.05, 4.69) is 22.9 Å². The predicted molar refractivity (Wildman–Crippen MR) is 77.2 cm³/mol. The zero-order chi connectivity index (χ0) is 13.7. The Morgan fingerprint density at radius 2 is 2.11 bits per heavy atom. The van der Waals surface area contributed by atoms with Crippen molar-refractivity contribution >= 4 is 21.8 Å². The Kier molecular flexibility index (Phi) is 5.07. The molecule has 1 aliphatic rings. The van der Waals surface area contributed by atoms with E-state index in [9.17, 15) is 4.79 Å². The summed E-state index contributed by atoms with van der Waals surface area (Å²) in [5.74, 6) is 1.41. The molecule has 104 valence electrons. The van der Waals surface area contributed by atoms with Crippen molar-refractivity contribution in [3.05, 3.63) is 23.8 Å². The van der Waals surface area contributed by atoms with Gasteiger partial charge in [-0.25, -0.2) is 0 Å². The van der Waals surface area contributed by atoms with Gasteiger partial charge in [0.1, 0.15) is 0 Å². The van der Waals surface area contributed by atoms with Crippen LogP contribution >= 0.6 is 15.9 Å². The van der Waals surface area contributed by atoms with Crippen molar-refractivity contribution < 1.29 is 14.3 Å². The normalized spacial score (nSPS) is 12.5. The molecule has 2 rings (SSSR count). The summed E-state index contributed by atoms with van der Waals surface area (Å²) in [5.41, 5.74) is 0.654. The Morgan fingerprint density at radius 1 is 1.32 bits per heavy atom. The van der Waals surface area contributed by atoms with Crippen LogP contribution in [0.3, 0.4) is 0 Å². The van der Waals surface area contributed by atoms with Gasteiger partial charge in [-0.05, 0) is 24.6 Å². The third kappa shape index (κ3) is 3.41. The Balaban J connectivity index is 2.11. The molecular weight excluding hydrogens is 310 g/mol. The molecule has 4 nitrogen and oxygen atoms in total. The zero-order valence-electron chi connectivity index (χ0n) is 11.0. The van der Waals surface area contributed by atoms with E-state index < -0.39 is 0 Å². The lowest BCUT2D eigenvalue weighted by molar-refractivity contribution is 0.0764. The van der Waals surface area contributed by atoms with Gasteiger partial charge in [-0.2, -0.15) is 0 Å². The van der Waals surface area contributed by atoms with Crippen LogP contribution in [0.25, 0.3) is 0 Å². The van der Waals surface area contributed by atoms with Crippen LogP contribution in [0.15, 0.2) is 18.2 Å². The van der Waals surface area contributed by atoms with Gasteiger partial charge < -0.3 is 14.4 Å². The average Bonchev–Trinajstić information content (AvgIpc) is 2.90. The highest BCUT2D eigenvalue weighted by Crippen LogP contribution is 2.32. The van der Waals surface area contributed by atoms with Crippen LogP contribution in [0.1, 0.15) is 30.1 Å². The minimum atomic E-state index is 0.0474. The van der Waals surface area contributed by atoms with Crippen molar-refractivity contribution in [2.24, 2.45) is 0 Å². The van der Waals surface area contributed by atoms with Gasteiger partial charge in [-0.3, -0.25) is 4.79 Å². The molecule has 0 aromatic heterocycles. The Hall–Kier alpha value is -1.23. The summed E-state index contributed by atoms with van der Waals surface area (Å²) in [6, 6.07) is 5.35. The number of rotatable bonds is 6. The molecule has 1 heterocycles. The molecule has 5 heteroatoms. The number of alkyl halides is 1. The second-order valence-electron chi connectivity index (χ2n) is 4.40. The molecule has 1 aromatic rings. The van der Waals surface area contributed by atoms with E-state index in [-0.39, 0.29) is 12.7 Å². The van der Waals surface area contributed by atoms with Crippen molar-refractivity contribution in [1.82, 2.24) is 4.90 Å². The third-order valence-electron chi connectivity index (χ3n) is 3.04. The number of benzene rings is 1. The summed E-state index contributed by atoms with van der Waals surface area (Å²) in [6.07, 6.45) is 2.09. The minimum Gasteiger partial charge on any atom is -0.454 e. The molecule has 0 atom stereocenters. The highest BCUT2D eigenvalue weighted by atomic mass is 79.9. The van der Waals surface area contributed by atoms with Crippen LogP contribution in [0.4, 0.5) is 0 Å². The fourth-order valence-electron chi connectivity index (χ4n) is 1.98. The minimum absolute atomic E-state index is 0.0474. The first-order valence-electron chi connectivity index (χ1n) is 6.51. The number of halogens is 1. The maximum absolute atomic E-state index is 12.4. The van der Waals surface area contributed by atoms with Gasteiger partial charge in [-0.15, -0.1) is 0 Å². The Bertz CT molecular complexity index is 450. The van der Waals surface area contributed by atoms with Gasteiger partial charge in [0.15, 0.2) is 11.5 Å². The van der Waals surface area contributed by atoms with E-state index in [1.165, 1.54) is 0 Å². The number of unbranched alkanes of at least 4 members (excludes halogenated alkanes) is 1. The molecule has 0 bridgehead atoms. The Morgan fingerprint density at radius 3 is 2.84 bits per heavy atom. The fourth-order valence-corrected chi connectivity index (χ4v) is 2.41. The van der Waals surface area contributed by atoms with E-state index in [0.717, 1.165) is 24.7 Å². The van der Waals surface area contributed by atoms with Gasteiger partial charge in [0.25, 0.3) is 5.91 Å². The quantitative estimate of drug-likeness (QED) is 0.754. The monoisotopic (exact) mass is 327 g/mol. The molecule has 0 fully saturated rings. The van der Waals surface area contributed by atoms with Crippen LogP contribution in [-0.2, 0) is 0 Å². The number of amides is 1. The summed E-state index contributed by atoms with van der Waals surface area (Å²) < 4.78 is 10.6. The molecule has 1 aromatic carbocycles. The van der Waals surface area contributed by atoms with Crippen molar-refractivity contribution in [2.75, 3.05) is 25.2 Å². The van der Waals surface area contributed by atoms with Gasteiger partial charge in [0.05, 0.1) is 0 Å². The van der Waals surface area contributed by atoms with Gasteiger partial charge in [0.2, 0.25) is 6.79 Å². The number of hydrogen-bond acceptors (Lipinski definition) is 3. The van der Waals surface area contributed by atoms with Gasteiger partial charge in [0, 0.05) is 24.0 Å². The van der Waals surface area contributed by atoms with Crippen molar-refractivity contribution in [3.63, 3.8) is 0 Å². The van der Waals surface area contributed by atoms with E-state index in [1.54, 1.807) is 18.2 Å². The fraction of sp³-hybridized carbons (Fsp3) is 0.500. The number of ether oxygens (including phenoxy) is 2. The molecular formula is C14H18BrNO3. The first kappa shape index (κ1) is 14.2. The predicted octanol–water partition coefficient (Wildman–Crippen LogP) is 3.05. The molecule has 0 saturated carbocycles. The number of nitrogens with zero attached hydrogens (tertiary/aromatic N) is 1. The molecule has 0 spiro atoms. The maximum atomic E-state index is 12.4. The summed E-state index contributed by atoms with van der Waals surface area (Å²) in [4.78, 5) is 14.3. The molecule has 1 aliphatic heterocycles. The van der Waals surface area contributed by atoms with Crippen LogP contribution in [0, 0.1) is 0 Å². The second kappa shape index (κ2) is 6.80. The van der Waals surface area contributed by atoms with E-state index >= 15 is 0 Å². The lowest BCUT2D eigenvalue weighted by Gasteiger charge is -2.21. The molecule has 0 N–H and O–H groups in total. The number of hydrogen-bond donors (Lipinski definition) is 0. The summed E-state index contributed by atoms with van der Waals surface area (Å²) in [6.45, 7) is 3.86. The molecule has 0 saturated heterocycles. The molecule has 0 radical (unpaired) electrons. The Labute approximate surface area is 121 Å². The first-order chi connectivity index (χ1) is 9.26.